The maximum Gasteiger partial charge on any atom is 0.333 e. The summed E-state index contributed by atoms with van der Waals surface area (Å²) in [6.45, 7) is 0. The number of carbonyl (C=O) groups is 1. The summed E-state index contributed by atoms with van der Waals surface area (Å²) in [5.41, 5.74) is 5.67. The first kappa shape index (κ1) is 8.07. The lowest BCUT2D eigenvalue weighted by molar-refractivity contribution is -0.133. The van der Waals surface area contributed by atoms with Crippen LogP contribution in [-0.2, 0) is 4.79 Å². The highest BCUT2D eigenvalue weighted by Crippen LogP contribution is 2.21. The van der Waals surface area contributed by atoms with Gasteiger partial charge in [0.1, 0.15) is 0 Å². The van der Waals surface area contributed by atoms with Gasteiger partial charge < -0.3 is 15.9 Å². The molecule has 1 aliphatic carbocycles. The van der Waals surface area contributed by atoms with E-state index in [1.54, 1.807) is 0 Å². The Labute approximate surface area is 64.3 Å². The number of rotatable bonds is 1. The molecule has 0 aliphatic heterocycles. The normalized spacial score (nSPS) is 25.4. The van der Waals surface area contributed by atoms with E-state index in [1.807, 2.05) is 0 Å². The van der Waals surface area contributed by atoms with Crippen LogP contribution >= 0.6 is 0 Å². The van der Waals surface area contributed by atoms with Crippen LogP contribution in [0.5, 0.6) is 0 Å². The molecule has 0 spiro atoms. The highest BCUT2D eigenvalue weighted by Gasteiger charge is 2.22. The van der Waals surface area contributed by atoms with Crippen LogP contribution in [0.4, 0.5) is 0 Å². The Hall–Kier alpha value is -1.03. The lowest BCUT2D eigenvalue weighted by Crippen LogP contribution is -2.26. The van der Waals surface area contributed by atoms with E-state index in [0.29, 0.717) is 19.3 Å². The van der Waals surface area contributed by atoms with Gasteiger partial charge in [0.25, 0.3) is 0 Å². The van der Waals surface area contributed by atoms with E-state index < -0.39 is 12.1 Å². The summed E-state index contributed by atoms with van der Waals surface area (Å²) in [7, 11) is 0. The molecule has 4 N–H and O–H groups in total. The number of aliphatic hydroxyl groups excluding tert-OH is 1. The van der Waals surface area contributed by atoms with Crippen molar-refractivity contribution in [1.82, 2.24) is 0 Å². The first-order chi connectivity index (χ1) is 5.13. The monoisotopic (exact) mass is 157 g/mol. The SMILES string of the molecule is NC1=C(C(=O)O)CCCC1O. The van der Waals surface area contributed by atoms with Gasteiger partial charge in [0.2, 0.25) is 0 Å². The Kier molecular flexibility index (Phi) is 2.14. The Morgan fingerprint density at radius 1 is 1.64 bits per heavy atom. The second-order valence-electron chi connectivity index (χ2n) is 2.65. The minimum Gasteiger partial charge on any atom is -0.478 e. The fraction of sp³-hybridized carbons (Fsp3) is 0.571. The van der Waals surface area contributed by atoms with Crippen LogP contribution in [0.1, 0.15) is 19.3 Å². The number of carboxylic acids is 1. The highest BCUT2D eigenvalue weighted by atomic mass is 16.4. The standard InChI is InChI=1S/C7H11NO3/c8-6-4(7(10)11)2-1-3-5(6)9/h5,9H,1-3,8H2,(H,10,11). The number of aliphatic carboxylic acids is 1. The molecule has 1 atom stereocenters. The van der Waals surface area contributed by atoms with Crippen molar-refractivity contribution in [3.8, 4) is 0 Å². The molecule has 0 saturated carbocycles. The van der Waals surface area contributed by atoms with Crippen molar-refractivity contribution in [3.63, 3.8) is 0 Å². The first-order valence-corrected chi connectivity index (χ1v) is 3.53. The minimum absolute atomic E-state index is 0.128. The second-order valence-corrected chi connectivity index (χ2v) is 2.65. The van der Waals surface area contributed by atoms with Gasteiger partial charge in [-0.3, -0.25) is 0 Å². The summed E-state index contributed by atoms with van der Waals surface area (Å²) in [5.74, 6) is -1.01. The van der Waals surface area contributed by atoms with Crippen LogP contribution in [0, 0.1) is 0 Å². The van der Waals surface area contributed by atoms with E-state index in [-0.39, 0.29) is 11.3 Å². The van der Waals surface area contributed by atoms with Gasteiger partial charge in [-0.25, -0.2) is 4.79 Å². The average molecular weight is 157 g/mol. The van der Waals surface area contributed by atoms with Crippen LogP contribution in [0.2, 0.25) is 0 Å². The molecule has 1 rings (SSSR count). The quantitative estimate of drug-likeness (QED) is 0.493. The minimum atomic E-state index is -1.01. The molecule has 4 heteroatoms. The van der Waals surface area contributed by atoms with Crippen LogP contribution in [-0.4, -0.2) is 22.3 Å². The lowest BCUT2D eigenvalue weighted by atomic mass is 9.94. The van der Waals surface area contributed by atoms with Crippen molar-refractivity contribution < 1.29 is 15.0 Å². The van der Waals surface area contributed by atoms with Gasteiger partial charge in [-0.15, -0.1) is 0 Å². The molecule has 0 fully saturated rings. The summed E-state index contributed by atoms with van der Waals surface area (Å²) in [5, 5.41) is 17.7. The molecule has 0 heterocycles. The third-order valence-electron chi connectivity index (χ3n) is 1.87. The van der Waals surface area contributed by atoms with E-state index >= 15 is 0 Å². The molecular formula is C7H11NO3. The topological polar surface area (TPSA) is 83.6 Å². The molecule has 0 aromatic heterocycles. The number of nitrogens with two attached hydrogens (primary N) is 1. The van der Waals surface area contributed by atoms with Gasteiger partial charge in [-0.2, -0.15) is 0 Å². The summed E-state index contributed by atoms with van der Waals surface area (Å²) in [4.78, 5) is 10.5. The van der Waals surface area contributed by atoms with E-state index in [9.17, 15) is 4.79 Å². The second kappa shape index (κ2) is 2.92. The van der Waals surface area contributed by atoms with Gasteiger partial charge in [0.15, 0.2) is 0 Å². The van der Waals surface area contributed by atoms with Gasteiger partial charge >= 0.3 is 5.97 Å². The van der Waals surface area contributed by atoms with Crippen molar-refractivity contribution in [1.29, 1.82) is 0 Å². The van der Waals surface area contributed by atoms with Gasteiger partial charge in [0.05, 0.1) is 11.7 Å². The molecular weight excluding hydrogens is 146 g/mol. The number of hydrogen-bond donors (Lipinski definition) is 3. The molecule has 1 unspecified atom stereocenters. The van der Waals surface area contributed by atoms with Gasteiger partial charge in [-0.1, -0.05) is 0 Å². The molecule has 1 aliphatic rings. The molecule has 62 valence electrons. The largest absolute Gasteiger partial charge is 0.478 e. The predicted molar refractivity (Wildman–Crippen MR) is 38.7 cm³/mol. The van der Waals surface area contributed by atoms with E-state index in [2.05, 4.69) is 0 Å². The van der Waals surface area contributed by atoms with E-state index in [4.69, 9.17) is 15.9 Å². The van der Waals surface area contributed by atoms with Crippen LogP contribution in [0.25, 0.3) is 0 Å². The van der Waals surface area contributed by atoms with E-state index in [0.717, 1.165) is 0 Å². The molecule has 0 bridgehead atoms. The summed E-state index contributed by atoms with van der Waals surface area (Å²) >= 11 is 0. The van der Waals surface area contributed by atoms with Crippen molar-refractivity contribution in [3.05, 3.63) is 11.3 Å². The Balaban J connectivity index is 2.89. The summed E-state index contributed by atoms with van der Waals surface area (Å²) in [6.07, 6.45) is 0.986. The number of aliphatic hydroxyl groups is 1. The Bertz CT molecular complexity index is 210. The zero-order valence-electron chi connectivity index (χ0n) is 6.08. The first-order valence-electron chi connectivity index (χ1n) is 3.53. The molecule has 0 saturated heterocycles. The molecule has 0 aromatic carbocycles. The van der Waals surface area contributed by atoms with Crippen LogP contribution in [0.15, 0.2) is 11.3 Å². The summed E-state index contributed by atoms with van der Waals surface area (Å²) < 4.78 is 0. The predicted octanol–water partition coefficient (Wildman–Crippen LogP) is -0.171. The Morgan fingerprint density at radius 3 is 2.73 bits per heavy atom. The maximum absolute atomic E-state index is 10.5. The lowest BCUT2D eigenvalue weighted by Gasteiger charge is -2.19. The third kappa shape index (κ3) is 1.51. The highest BCUT2D eigenvalue weighted by molar-refractivity contribution is 5.87. The van der Waals surface area contributed by atoms with Crippen LogP contribution in [0.3, 0.4) is 0 Å². The Morgan fingerprint density at radius 2 is 2.27 bits per heavy atom. The van der Waals surface area contributed by atoms with Crippen molar-refractivity contribution in [2.24, 2.45) is 5.73 Å². The van der Waals surface area contributed by atoms with Crippen molar-refractivity contribution >= 4 is 5.97 Å². The molecule has 11 heavy (non-hydrogen) atoms. The van der Waals surface area contributed by atoms with Crippen LogP contribution < -0.4 is 5.73 Å². The zero-order chi connectivity index (χ0) is 8.43. The summed E-state index contributed by atoms with van der Waals surface area (Å²) in [6, 6.07) is 0. The maximum atomic E-state index is 10.5. The van der Waals surface area contributed by atoms with Crippen molar-refractivity contribution in [2.75, 3.05) is 0 Å². The molecule has 0 aromatic rings. The molecule has 0 amide bonds. The van der Waals surface area contributed by atoms with Gasteiger partial charge in [0, 0.05) is 5.70 Å². The zero-order valence-corrected chi connectivity index (χ0v) is 6.08. The average Bonchev–Trinajstić information content (AvgIpc) is 1.94. The fourth-order valence-electron chi connectivity index (χ4n) is 1.20. The molecule has 4 nitrogen and oxygen atoms in total. The number of carboxylic acid groups (broad SMARTS) is 1. The van der Waals surface area contributed by atoms with Crippen molar-refractivity contribution in [2.45, 2.75) is 25.4 Å². The smallest absolute Gasteiger partial charge is 0.333 e. The third-order valence-corrected chi connectivity index (χ3v) is 1.87. The number of hydrogen-bond acceptors (Lipinski definition) is 3. The van der Waals surface area contributed by atoms with E-state index in [1.165, 1.54) is 0 Å². The van der Waals surface area contributed by atoms with Gasteiger partial charge in [-0.05, 0) is 19.3 Å². The fourth-order valence-corrected chi connectivity index (χ4v) is 1.20. The molecule has 0 radical (unpaired) electrons.